The first kappa shape index (κ1) is 18.2. The van der Waals surface area contributed by atoms with Crippen LogP contribution in [-0.2, 0) is 6.54 Å². The van der Waals surface area contributed by atoms with E-state index in [1.165, 1.54) is 0 Å². The van der Waals surface area contributed by atoms with E-state index in [2.05, 4.69) is 27.6 Å². The van der Waals surface area contributed by atoms with E-state index in [-0.39, 0.29) is 11.5 Å². The number of hydrogen-bond donors (Lipinski definition) is 0. The summed E-state index contributed by atoms with van der Waals surface area (Å²) in [6.07, 6.45) is 5.60. The largest absolute Gasteiger partial charge is 0.309 e. The summed E-state index contributed by atoms with van der Waals surface area (Å²) in [5.74, 6) is 0.395. The second kappa shape index (κ2) is 7.42. The van der Waals surface area contributed by atoms with Gasteiger partial charge in [-0.05, 0) is 61.6 Å². The molecule has 138 valence electrons. The molecular formula is C21H20IN3O2. The van der Waals surface area contributed by atoms with Gasteiger partial charge in [0.2, 0.25) is 0 Å². The van der Waals surface area contributed by atoms with Crippen molar-refractivity contribution in [3.05, 3.63) is 70.3 Å². The number of alkyl halides is 1. The van der Waals surface area contributed by atoms with Crippen LogP contribution >= 0.6 is 22.6 Å². The van der Waals surface area contributed by atoms with E-state index >= 15 is 0 Å². The van der Waals surface area contributed by atoms with Crippen molar-refractivity contribution in [1.82, 2.24) is 9.55 Å². The Bertz CT molecular complexity index is 1060. The average Bonchev–Trinajstić information content (AvgIpc) is 3.53. The Morgan fingerprint density at radius 2 is 1.96 bits per heavy atom. The molecule has 0 saturated heterocycles. The molecule has 0 radical (unpaired) electrons. The molecule has 0 unspecified atom stereocenters. The van der Waals surface area contributed by atoms with Gasteiger partial charge in [-0.25, -0.2) is 0 Å². The zero-order valence-corrected chi connectivity index (χ0v) is 17.2. The number of carbonyl (C=O) groups is 1. The first-order valence-corrected chi connectivity index (χ1v) is 10.6. The average molecular weight is 473 g/mol. The van der Waals surface area contributed by atoms with Gasteiger partial charge in [0.05, 0.1) is 10.1 Å². The summed E-state index contributed by atoms with van der Waals surface area (Å²) in [7, 11) is 0. The number of rotatable bonds is 5. The molecule has 2 heterocycles. The van der Waals surface area contributed by atoms with E-state index in [0.717, 1.165) is 35.0 Å². The standard InChI is InChI=1S/C21H20IN3O2/c1-2-24-19-6-5-15(11-18(19)17(12-20(24)26)14-3-4-14)21(27)25(13-22)16-7-9-23-10-8-16/h5-12,14H,2-4,13H2,1H3. The highest BCUT2D eigenvalue weighted by atomic mass is 127. The Morgan fingerprint density at radius 3 is 2.59 bits per heavy atom. The van der Waals surface area contributed by atoms with E-state index in [9.17, 15) is 9.59 Å². The van der Waals surface area contributed by atoms with Gasteiger partial charge in [0.25, 0.3) is 11.5 Å². The summed E-state index contributed by atoms with van der Waals surface area (Å²) in [5, 5.41) is 1.02. The van der Waals surface area contributed by atoms with Gasteiger partial charge in [-0.15, -0.1) is 0 Å². The Morgan fingerprint density at radius 1 is 1.22 bits per heavy atom. The lowest BCUT2D eigenvalue weighted by molar-refractivity contribution is 0.0992. The Labute approximate surface area is 171 Å². The van der Waals surface area contributed by atoms with Crippen LogP contribution < -0.4 is 10.5 Å². The summed E-state index contributed by atoms with van der Waals surface area (Å²) < 4.78 is 2.32. The molecule has 27 heavy (non-hydrogen) atoms. The molecule has 1 aromatic carbocycles. The Balaban J connectivity index is 1.83. The van der Waals surface area contributed by atoms with Gasteiger partial charge in [-0.2, -0.15) is 0 Å². The molecular weight excluding hydrogens is 453 g/mol. The number of aryl methyl sites for hydroxylation is 1. The predicted molar refractivity (Wildman–Crippen MR) is 116 cm³/mol. The van der Waals surface area contributed by atoms with Crippen molar-refractivity contribution in [1.29, 1.82) is 0 Å². The molecule has 0 spiro atoms. The van der Waals surface area contributed by atoms with Crippen molar-refractivity contribution in [3.8, 4) is 0 Å². The number of halogens is 1. The number of anilines is 1. The van der Waals surface area contributed by atoms with Gasteiger partial charge < -0.3 is 4.57 Å². The molecule has 1 aliphatic rings. The number of hydrogen-bond acceptors (Lipinski definition) is 3. The van der Waals surface area contributed by atoms with Gasteiger partial charge in [0.15, 0.2) is 0 Å². The molecule has 4 rings (SSSR count). The van der Waals surface area contributed by atoms with Gasteiger partial charge in [0.1, 0.15) is 0 Å². The molecule has 6 heteroatoms. The van der Waals surface area contributed by atoms with Crippen LogP contribution in [0.4, 0.5) is 5.69 Å². The minimum Gasteiger partial charge on any atom is -0.309 e. The summed E-state index contributed by atoms with van der Waals surface area (Å²) in [5.41, 5.74) is 3.49. The first-order chi connectivity index (χ1) is 13.1. The summed E-state index contributed by atoms with van der Waals surface area (Å²) in [4.78, 5) is 31.4. The molecule has 1 amide bonds. The minimum absolute atomic E-state index is 0.0386. The topological polar surface area (TPSA) is 55.2 Å². The fourth-order valence-electron chi connectivity index (χ4n) is 3.52. The minimum atomic E-state index is -0.0477. The van der Waals surface area contributed by atoms with E-state index < -0.39 is 0 Å². The molecule has 0 aliphatic heterocycles. The third-order valence-corrected chi connectivity index (χ3v) is 5.75. The highest BCUT2D eigenvalue weighted by molar-refractivity contribution is 14.1. The van der Waals surface area contributed by atoms with Crippen LogP contribution in [0.2, 0.25) is 0 Å². The lowest BCUT2D eigenvalue weighted by Gasteiger charge is -2.21. The lowest BCUT2D eigenvalue weighted by Crippen LogP contribution is -2.29. The quantitative estimate of drug-likeness (QED) is 0.315. The highest BCUT2D eigenvalue weighted by Crippen LogP contribution is 2.42. The van der Waals surface area contributed by atoms with Gasteiger partial charge >= 0.3 is 0 Å². The number of amides is 1. The first-order valence-electron chi connectivity index (χ1n) is 9.09. The van der Waals surface area contributed by atoms with Crippen molar-refractivity contribution in [3.63, 3.8) is 0 Å². The second-order valence-corrected chi connectivity index (χ2v) is 7.43. The number of carbonyl (C=O) groups excluding carboxylic acids is 1. The molecule has 2 aromatic heterocycles. The third kappa shape index (κ3) is 3.38. The van der Waals surface area contributed by atoms with Crippen molar-refractivity contribution < 1.29 is 4.79 Å². The number of fused-ring (bicyclic) bond motifs is 1. The zero-order valence-electron chi connectivity index (χ0n) is 15.1. The van der Waals surface area contributed by atoms with Crippen molar-refractivity contribution >= 4 is 45.1 Å². The van der Waals surface area contributed by atoms with Crippen LogP contribution in [0, 0.1) is 0 Å². The third-order valence-electron chi connectivity index (χ3n) is 5.06. The molecule has 0 atom stereocenters. The fraction of sp³-hybridized carbons (Fsp3) is 0.286. The molecule has 0 bridgehead atoms. The Kier molecular flexibility index (Phi) is 4.99. The molecule has 5 nitrogen and oxygen atoms in total. The van der Waals surface area contributed by atoms with Gasteiger partial charge in [-0.3, -0.25) is 19.5 Å². The van der Waals surface area contributed by atoms with Crippen LogP contribution in [0.15, 0.2) is 53.6 Å². The normalized spacial score (nSPS) is 13.7. The Hall–Kier alpha value is -2.22. The van der Waals surface area contributed by atoms with Gasteiger partial charge in [-0.1, -0.05) is 22.6 Å². The number of nitrogens with zero attached hydrogens (tertiary/aromatic N) is 3. The number of benzene rings is 1. The maximum absolute atomic E-state index is 13.2. The number of pyridine rings is 2. The van der Waals surface area contributed by atoms with Crippen LogP contribution in [0.1, 0.15) is 41.6 Å². The monoisotopic (exact) mass is 473 g/mol. The van der Waals surface area contributed by atoms with Crippen LogP contribution in [0.5, 0.6) is 0 Å². The van der Waals surface area contributed by atoms with Crippen LogP contribution in [0.25, 0.3) is 10.9 Å². The maximum Gasteiger partial charge on any atom is 0.258 e. The zero-order chi connectivity index (χ0) is 19.0. The van der Waals surface area contributed by atoms with E-state index in [0.29, 0.717) is 22.6 Å². The molecule has 1 aliphatic carbocycles. The number of aromatic nitrogens is 2. The van der Waals surface area contributed by atoms with Crippen molar-refractivity contribution in [2.75, 3.05) is 9.45 Å². The van der Waals surface area contributed by atoms with Crippen molar-refractivity contribution in [2.24, 2.45) is 0 Å². The van der Waals surface area contributed by atoms with E-state index in [1.807, 2.05) is 37.3 Å². The smallest absolute Gasteiger partial charge is 0.258 e. The van der Waals surface area contributed by atoms with Crippen LogP contribution in [0.3, 0.4) is 0 Å². The van der Waals surface area contributed by atoms with Crippen LogP contribution in [-0.4, -0.2) is 20.0 Å². The van der Waals surface area contributed by atoms with Crippen molar-refractivity contribution in [2.45, 2.75) is 32.2 Å². The molecule has 1 fully saturated rings. The maximum atomic E-state index is 13.2. The summed E-state index contributed by atoms with van der Waals surface area (Å²) in [6, 6.07) is 11.1. The SMILES string of the molecule is CCn1c(=O)cc(C2CC2)c2cc(C(=O)N(CI)c3ccncc3)ccc21. The van der Waals surface area contributed by atoms with E-state index in [1.54, 1.807) is 27.9 Å². The lowest BCUT2D eigenvalue weighted by atomic mass is 10.0. The molecule has 3 aromatic rings. The van der Waals surface area contributed by atoms with Gasteiger partial charge in [0, 0.05) is 41.6 Å². The van der Waals surface area contributed by atoms with E-state index in [4.69, 9.17) is 0 Å². The fourth-order valence-corrected chi connectivity index (χ4v) is 4.23. The second-order valence-electron chi connectivity index (χ2n) is 6.75. The summed E-state index contributed by atoms with van der Waals surface area (Å²) in [6.45, 7) is 2.59. The molecule has 0 N–H and O–H groups in total. The summed E-state index contributed by atoms with van der Waals surface area (Å²) >= 11 is 2.20. The highest BCUT2D eigenvalue weighted by Gasteiger charge is 2.27. The predicted octanol–water partition coefficient (Wildman–Crippen LogP) is 4.33. The molecule has 1 saturated carbocycles.